The molecule has 0 saturated carbocycles. The van der Waals surface area contributed by atoms with Gasteiger partial charge in [-0.05, 0) is 0 Å². The third-order valence-corrected chi connectivity index (χ3v) is 1.18. The molecule has 0 rings (SSSR count). The van der Waals surface area contributed by atoms with E-state index in [-0.39, 0.29) is 11.2 Å². The Morgan fingerprint density at radius 3 is 2.20 bits per heavy atom. The largest absolute Gasteiger partial charge is 0.322 e. The van der Waals surface area contributed by atoms with Crippen molar-refractivity contribution < 1.29 is 10.1 Å². The van der Waals surface area contributed by atoms with Gasteiger partial charge in [-0.2, -0.15) is 0 Å². The van der Waals surface area contributed by atoms with Crippen molar-refractivity contribution in [1.29, 1.82) is 0 Å². The number of quaternary nitrogens is 1. The molecule has 0 aromatic rings. The Labute approximate surface area is 62.3 Å². The van der Waals surface area contributed by atoms with Crippen molar-refractivity contribution in [3.8, 4) is 0 Å². The molecule has 0 bridgehead atoms. The van der Waals surface area contributed by atoms with Gasteiger partial charge in [0.25, 0.3) is 0 Å². The van der Waals surface area contributed by atoms with Gasteiger partial charge in [0, 0.05) is 11.5 Å². The summed E-state index contributed by atoms with van der Waals surface area (Å²) in [4.78, 5) is 11.1. The zero-order valence-corrected chi connectivity index (χ0v) is 7.14. The quantitative estimate of drug-likeness (QED) is 0.553. The molecule has 0 radical (unpaired) electrons. The zero-order chi connectivity index (χ0) is 8.20. The van der Waals surface area contributed by atoms with Crippen molar-refractivity contribution in [2.45, 2.75) is 20.8 Å². The topological polar surface area (TPSA) is 33.7 Å². The van der Waals surface area contributed by atoms with E-state index in [1.165, 1.54) is 0 Å². The van der Waals surface area contributed by atoms with Crippen molar-refractivity contribution in [2.24, 2.45) is 5.41 Å². The minimum absolute atomic E-state index is 0.172. The molecule has 0 spiro atoms. The van der Waals surface area contributed by atoms with E-state index in [1.807, 2.05) is 33.1 Å². The van der Waals surface area contributed by atoms with E-state index in [2.05, 4.69) is 0 Å². The average Bonchev–Trinajstić information content (AvgIpc) is 1.80. The van der Waals surface area contributed by atoms with Gasteiger partial charge < -0.3 is 5.32 Å². The smallest absolute Gasteiger partial charge is 0.166 e. The monoisotopic (exact) mass is 142 g/mol. The van der Waals surface area contributed by atoms with Crippen molar-refractivity contribution in [1.82, 2.24) is 0 Å². The molecule has 2 N–H and O–H groups in total. The first kappa shape index (κ1) is 9.37. The predicted molar refractivity (Wildman–Crippen MR) is 41.5 cm³/mol. The molecule has 0 aliphatic rings. The number of allylic oxidation sites excluding steroid dienone is 1. The van der Waals surface area contributed by atoms with Crippen LogP contribution < -0.4 is 5.32 Å². The molecular weight excluding hydrogens is 126 g/mol. The summed E-state index contributed by atoms with van der Waals surface area (Å²) in [6.07, 6.45) is 3.38. The standard InChI is InChI=1S/C8H15NO/c1-8(2,3)7(10)5-6-9-4/h5-6,9H,1-4H3/p+1/b6-5+. The first-order chi connectivity index (χ1) is 4.48. The second-order valence-corrected chi connectivity index (χ2v) is 3.31. The van der Waals surface area contributed by atoms with Crippen molar-refractivity contribution in [3.63, 3.8) is 0 Å². The highest BCUT2D eigenvalue weighted by molar-refractivity contribution is 5.93. The lowest BCUT2D eigenvalue weighted by Crippen LogP contribution is -2.72. The van der Waals surface area contributed by atoms with Crippen LogP contribution >= 0.6 is 0 Å². The van der Waals surface area contributed by atoms with Crippen LogP contribution in [0.15, 0.2) is 12.3 Å². The first-order valence-electron chi connectivity index (χ1n) is 3.49. The van der Waals surface area contributed by atoms with Crippen LogP contribution in [-0.4, -0.2) is 12.8 Å². The third-order valence-electron chi connectivity index (χ3n) is 1.18. The van der Waals surface area contributed by atoms with Gasteiger partial charge in [0.15, 0.2) is 5.78 Å². The molecule has 0 atom stereocenters. The fourth-order valence-corrected chi connectivity index (χ4v) is 0.434. The number of carbonyl (C=O) groups is 1. The molecule has 0 aliphatic carbocycles. The molecule has 0 aliphatic heterocycles. The first-order valence-corrected chi connectivity index (χ1v) is 3.49. The van der Waals surface area contributed by atoms with Gasteiger partial charge in [-0.15, -0.1) is 0 Å². The summed E-state index contributed by atoms with van der Waals surface area (Å²) >= 11 is 0. The fourth-order valence-electron chi connectivity index (χ4n) is 0.434. The number of ketones is 1. The van der Waals surface area contributed by atoms with Crippen LogP contribution in [0, 0.1) is 5.41 Å². The van der Waals surface area contributed by atoms with Crippen LogP contribution in [0.25, 0.3) is 0 Å². The molecule has 0 aromatic carbocycles. The van der Waals surface area contributed by atoms with Crippen molar-refractivity contribution >= 4 is 5.78 Å². The molecule has 0 saturated heterocycles. The van der Waals surface area contributed by atoms with Crippen LogP contribution in [0.1, 0.15) is 20.8 Å². The van der Waals surface area contributed by atoms with Gasteiger partial charge in [0.2, 0.25) is 0 Å². The van der Waals surface area contributed by atoms with Crippen LogP contribution in [0.4, 0.5) is 0 Å². The Morgan fingerprint density at radius 1 is 1.40 bits per heavy atom. The van der Waals surface area contributed by atoms with Gasteiger partial charge in [0.1, 0.15) is 0 Å². The third kappa shape index (κ3) is 3.41. The molecule has 10 heavy (non-hydrogen) atoms. The lowest BCUT2D eigenvalue weighted by atomic mass is 9.91. The van der Waals surface area contributed by atoms with Crippen LogP contribution in [0.3, 0.4) is 0 Å². The summed E-state index contributed by atoms with van der Waals surface area (Å²) in [5, 5.41) is 1.85. The number of hydrogen-bond acceptors (Lipinski definition) is 1. The highest BCUT2D eigenvalue weighted by Crippen LogP contribution is 2.14. The van der Waals surface area contributed by atoms with Gasteiger partial charge in [-0.1, -0.05) is 20.8 Å². The van der Waals surface area contributed by atoms with Gasteiger partial charge >= 0.3 is 0 Å². The molecular formula is C8H16NO+. The van der Waals surface area contributed by atoms with E-state index in [0.717, 1.165) is 0 Å². The summed E-state index contributed by atoms with van der Waals surface area (Å²) in [7, 11) is 1.90. The Bertz CT molecular complexity index is 142. The van der Waals surface area contributed by atoms with Crippen LogP contribution in [-0.2, 0) is 4.79 Å². The lowest BCUT2D eigenvalue weighted by molar-refractivity contribution is -0.556. The maximum atomic E-state index is 11.1. The second-order valence-electron chi connectivity index (χ2n) is 3.31. The average molecular weight is 142 g/mol. The van der Waals surface area contributed by atoms with E-state index in [4.69, 9.17) is 0 Å². The highest BCUT2D eigenvalue weighted by Gasteiger charge is 2.18. The van der Waals surface area contributed by atoms with Gasteiger partial charge in [-0.25, -0.2) is 0 Å². The summed E-state index contributed by atoms with van der Waals surface area (Å²) in [5.74, 6) is 0.172. The number of hydrogen-bond donors (Lipinski definition) is 1. The fraction of sp³-hybridized carbons (Fsp3) is 0.625. The van der Waals surface area contributed by atoms with Crippen LogP contribution in [0.5, 0.6) is 0 Å². The lowest BCUT2D eigenvalue weighted by Gasteiger charge is -2.11. The zero-order valence-electron chi connectivity index (χ0n) is 7.14. The molecule has 58 valence electrons. The number of rotatable bonds is 2. The molecule has 2 nitrogen and oxygen atoms in total. The summed E-state index contributed by atoms with van der Waals surface area (Å²) in [6.45, 7) is 5.74. The molecule has 0 heterocycles. The number of nitrogens with two attached hydrogens (primary N) is 1. The Kier molecular flexibility index (Phi) is 3.30. The van der Waals surface area contributed by atoms with E-state index in [0.29, 0.717) is 0 Å². The van der Waals surface area contributed by atoms with E-state index < -0.39 is 0 Å². The van der Waals surface area contributed by atoms with E-state index in [9.17, 15) is 4.79 Å². The molecule has 2 heteroatoms. The molecule has 0 unspecified atom stereocenters. The summed E-state index contributed by atoms with van der Waals surface area (Å²) in [5.41, 5.74) is -0.237. The normalized spacial score (nSPS) is 12.4. The minimum atomic E-state index is -0.237. The SMILES string of the molecule is C[NH2+]/C=C/C(=O)C(C)(C)C. The van der Waals surface area contributed by atoms with E-state index in [1.54, 1.807) is 12.3 Å². The van der Waals surface area contributed by atoms with Gasteiger partial charge in [-0.3, -0.25) is 4.79 Å². The van der Waals surface area contributed by atoms with E-state index >= 15 is 0 Å². The Morgan fingerprint density at radius 2 is 1.90 bits per heavy atom. The molecule has 0 amide bonds. The predicted octanol–water partition coefficient (Wildman–Crippen LogP) is 0.308. The minimum Gasteiger partial charge on any atom is -0.322 e. The van der Waals surface area contributed by atoms with Crippen molar-refractivity contribution in [2.75, 3.05) is 7.05 Å². The summed E-state index contributed by atoms with van der Waals surface area (Å²) in [6, 6.07) is 0. The van der Waals surface area contributed by atoms with Gasteiger partial charge in [0.05, 0.1) is 13.2 Å². The maximum absolute atomic E-state index is 11.1. The van der Waals surface area contributed by atoms with Crippen LogP contribution in [0.2, 0.25) is 0 Å². The maximum Gasteiger partial charge on any atom is 0.166 e. The molecule has 0 aromatic heterocycles. The highest BCUT2D eigenvalue weighted by atomic mass is 16.1. The second kappa shape index (κ2) is 3.52. The Balaban J connectivity index is 3.98. The number of carbonyl (C=O) groups excluding carboxylic acids is 1. The molecule has 0 fully saturated rings. The Hall–Kier alpha value is -0.630. The summed E-state index contributed by atoms with van der Waals surface area (Å²) < 4.78 is 0. The van der Waals surface area contributed by atoms with Crippen molar-refractivity contribution in [3.05, 3.63) is 12.3 Å².